The average molecular weight is 295 g/mol. The highest BCUT2D eigenvalue weighted by Crippen LogP contribution is 2.14. The van der Waals surface area contributed by atoms with Crippen molar-refractivity contribution in [2.75, 3.05) is 11.4 Å². The summed E-state index contributed by atoms with van der Waals surface area (Å²) in [4.78, 5) is 29.3. The van der Waals surface area contributed by atoms with Crippen LogP contribution in [0.1, 0.15) is 47.5 Å². The third kappa shape index (κ3) is 4.58. The van der Waals surface area contributed by atoms with Crippen LogP contribution in [-0.4, -0.2) is 33.2 Å². The van der Waals surface area contributed by atoms with Gasteiger partial charge in [0.05, 0.1) is 0 Å². The molecule has 1 heterocycles. The maximum Gasteiger partial charge on any atom is 0.303 e. The van der Waals surface area contributed by atoms with Gasteiger partial charge in [-0.25, -0.2) is 4.98 Å². The standard InChI is InChI=1S/C15H25N3O3/c1-11(2)17(9-6-7-12(19)20)13-14(21)18(10-8-16-13)15(3,4)5/h8,10-11H,6-7,9H2,1-5H3,(H,19,20). The molecule has 0 atom stereocenters. The number of rotatable bonds is 6. The van der Waals surface area contributed by atoms with Gasteiger partial charge in [-0.3, -0.25) is 9.59 Å². The summed E-state index contributed by atoms with van der Waals surface area (Å²) >= 11 is 0. The molecule has 0 aliphatic rings. The molecule has 1 rings (SSSR count). The minimum absolute atomic E-state index is 0.0785. The number of carboxylic acids is 1. The topological polar surface area (TPSA) is 75.4 Å². The zero-order valence-electron chi connectivity index (χ0n) is 13.5. The lowest BCUT2D eigenvalue weighted by atomic mass is 10.1. The fraction of sp³-hybridized carbons (Fsp3) is 0.667. The summed E-state index contributed by atoms with van der Waals surface area (Å²) in [5.74, 6) is -0.445. The average Bonchev–Trinajstić information content (AvgIpc) is 2.33. The lowest BCUT2D eigenvalue weighted by molar-refractivity contribution is -0.137. The second-order valence-corrected chi connectivity index (χ2v) is 6.38. The zero-order valence-corrected chi connectivity index (χ0v) is 13.5. The van der Waals surface area contributed by atoms with E-state index in [4.69, 9.17) is 5.11 Å². The molecular formula is C15H25N3O3. The van der Waals surface area contributed by atoms with Crippen LogP contribution in [0.5, 0.6) is 0 Å². The first-order valence-electron chi connectivity index (χ1n) is 7.21. The minimum Gasteiger partial charge on any atom is -0.481 e. The minimum atomic E-state index is -0.827. The van der Waals surface area contributed by atoms with E-state index in [9.17, 15) is 9.59 Å². The second kappa shape index (κ2) is 6.74. The van der Waals surface area contributed by atoms with Crippen molar-refractivity contribution in [2.24, 2.45) is 0 Å². The van der Waals surface area contributed by atoms with Gasteiger partial charge in [-0.1, -0.05) is 0 Å². The normalized spacial score (nSPS) is 11.7. The van der Waals surface area contributed by atoms with Gasteiger partial charge in [-0.2, -0.15) is 0 Å². The van der Waals surface area contributed by atoms with Gasteiger partial charge in [-0.05, 0) is 41.0 Å². The van der Waals surface area contributed by atoms with E-state index in [0.29, 0.717) is 18.8 Å². The zero-order chi connectivity index (χ0) is 16.2. The van der Waals surface area contributed by atoms with Gasteiger partial charge in [0.15, 0.2) is 5.82 Å². The molecule has 6 nitrogen and oxygen atoms in total. The Labute approximate surface area is 125 Å². The third-order valence-electron chi connectivity index (χ3n) is 3.23. The number of hydrogen-bond acceptors (Lipinski definition) is 4. The van der Waals surface area contributed by atoms with Crippen molar-refractivity contribution in [1.82, 2.24) is 9.55 Å². The van der Waals surface area contributed by atoms with Crippen LogP contribution in [0.4, 0.5) is 5.82 Å². The molecule has 0 bridgehead atoms. The van der Waals surface area contributed by atoms with E-state index >= 15 is 0 Å². The molecule has 1 aromatic heterocycles. The number of aromatic nitrogens is 2. The van der Waals surface area contributed by atoms with Crippen molar-refractivity contribution in [1.29, 1.82) is 0 Å². The Morgan fingerprint density at radius 2 is 2.05 bits per heavy atom. The molecule has 0 spiro atoms. The van der Waals surface area contributed by atoms with Crippen molar-refractivity contribution >= 4 is 11.8 Å². The Morgan fingerprint density at radius 1 is 1.43 bits per heavy atom. The Hall–Kier alpha value is -1.85. The second-order valence-electron chi connectivity index (χ2n) is 6.38. The Kier molecular flexibility index (Phi) is 5.52. The van der Waals surface area contributed by atoms with Crippen LogP contribution in [0, 0.1) is 0 Å². The molecule has 0 unspecified atom stereocenters. The van der Waals surface area contributed by atoms with Gasteiger partial charge in [0, 0.05) is 36.9 Å². The highest BCUT2D eigenvalue weighted by atomic mass is 16.4. The predicted octanol–water partition coefficient (Wildman–Crippen LogP) is 2.08. The first-order valence-corrected chi connectivity index (χ1v) is 7.21. The highest BCUT2D eigenvalue weighted by Gasteiger charge is 2.21. The fourth-order valence-electron chi connectivity index (χ4n) is 2.14. The summed E-state index contributed by atoms with van der Waals surface area (Å²) in [5.41, 5.74) is -0.465. The molecule has 0 amide bonds. The molecule has 0 saturated carbocycles. The van der Waals surface area contributed by atoms with E-state index in [-0.39, 0.29) is 23.6 Å². The molecule has 118 valence electrons. The summed E-state index contributed by atoms with van der Waals surface area (Å²) in [7, 11) is 0. The van der Waals surface area contributed by atoms with Crippen LogP contribution in [0.25, 0.3) is 0 Å². The number of hydrogen-bond donors (Lipinski definition) is 1. The Balaban J connectivity index is 3.09. The monoisotopic (exact) mass is 295 g/mol. The first kappa shape index (κ1) is 17.2. The van der Waals surface area contributed by atoms with Crippen molar-refractivity contribution < 1.29 is 9.90 Å². The lowest BCUT2D eigenvalue weighted by Crippen LogP contribution is -2.42. The number of aliphatic carboxylic acids is 1. The van der Waals surface area contributed by atoms with Crippen molar-refractivity contribution in [3.05, 3.63) is 22.7 Å². The van der Waals surface area contributed by atoms with Crippen LogP contribution in [0.3, 0.4) is 0 Å². The van der Waals surface area contributed by atoms with E-state index in [1.807, 2.05) is 39.5 Å². The molecule has 0 aliphatic heterocycles. The van der Waals surface area contributed by atoms with Crippen LogP contribution in [0.15, 0.2) is 17.2 Å². The van der Waals surface area contributed by atoms with E-state index in [2.05, 4.69) is 4.98 Å². The molecule has 1 N–H and O–H groups in total. The molecule has 0 saturated heterocycles. The maximum atomic E-state index is 12.6. The summed E-state index contributed by atoms with van der Waals surface area (Å²) < 4.78 is 1.65. The Morgan fingerprint density at radius 3 is 2.52 bits per heavy atom. The smallest absolute Gasteiger partial charge is 0.303 e. The van der Waals surface area contributed by atoms with Crippen molar-refractivity contribution in [3.8, 4) is 0 Å². The molecule has 0 radical (unpaired) electrons. The lowest BCUT2D eigenvalue weighted by Gasteiger charge is -2.29. The summed E-state index contributed by atoms with van der Waals surface area (Å²) in [5, 5.41) is 8.74. The number of anilines is 1. The van der Waals surface area contributed by atoms with Crippen LogP contribution < -0.4 is 10.5 Å². The highest BCUT2D eigenvalue weighted by molar-refractivity contribution is 5.66. The predicted molar refractivity (Wildman–Crippen MR) is 82.8 cm³/mol. The summed E-state index contributed by atoms with van der Waals surface area (Å²) in [6, 6.07) is 0.0785. The SMILES string of the molecule is CC(C)N(CCCC(=O)O)c1nccn(C(C)(C)C)c1=O. The fourth-order valence-corrected chi connectivity index (χ4v) is 2.14. The van der Waals surface area contributed by atoms with Gasteiger partial charge in [0.2, 0.25) is 0 Å². The van der Waals surface area contributed by atoms with E-state index in [1.165, 1.54) is 0 Å². The van der Waals surface area contributed by atoms with Gasteiger partial charge < -0.3 is 14.6 Å². The molecule has 21 heavy (non-hydrogen) atoms. The Bertz CT molecular complexity index is 544. The van der Waals surface area contributed by atoms with Gasteiger partial charge in [0.25, 0.3) is 5.56 Å². The molecule has 0 fully saturated rings. The molecule has 1 aromatic rings. The maximum absolute atomic E-state index is 12.6. The summed E-state index contributed by atoms with van der Waals surface area (Å²) in [6.07, 6.45) is 3.87. The largest absolute Gasteiger partial charge is 0.481 e. The first-order chi connectivity index (χ1) is 9.64. The number of carbonyl (C=O) groups is 1. The van der Waals surface area contributed by atoms with Crippen LogP contribution in [0.2, 0.25) is 0 Å². The molecular weight excluding hydrogens is 270 g/mol. The summed E-state index contributed by atoms with van der Waals surface area (Å²) in [6.45, 7) is 10.3. The van der Waals surface area contributed by atoms with Gasteiger partial charge >= 0.3 is 5.97 Å². The number of nitrogens with zero attached hydrogens (tertiary/aromatic N) is 3. The quantitative estimate of drug-likeness (QED) is 0.869. The van der Waals surface area contributed by atoms with Gasteiger partial charge in [0.1, 0.15) is 0 Å². The van der Waals surface area contributed by atoms with Crippen molar-refractivity contribution in [3.63, 3.8) is 0 Å². The van der Waals surface area contributed by atoms with Crippen LogP contribution in [-0.2, 0) is 10.3 Å². The van der Waals surface area contributed by atoms with Crippen LogP contribution >= 0.6 is 0 Å². The number of carboxylic acid groups (broad SMARTS) is 1. The molecule has 0 aromatic carbocycles. The third-order valence-corrected chi connectivity index (χ3v) is 3.23. The molecule has 0 aliphatic carbocycles. The van der Waals surface area contributed by atoms with Gasteiger partial charge in [-0.15, -0.1) is 0 Å². The van der Waals surface area contributed by atoms with Crippen molar-refractivity contribution in [2.45, 2.75) is 59.0 Å². The molecule has 6 heteroatoms. The van der Waals surface area contributed by atoms with E-state index in [0.717, 1.165) is 0 Å². The van der Waals surface area contributed by atoms with E-state index < -0.39 is 5.97 Å². The van der Waals surface area contributed by atoms with E-state index in [1.54, 1.807) is 17.0 Å².